The first kappa shape index (κ1) is 13.5. The Morgan fingerprint density at radius 2 is 2.21 bits per heavy atom. The Morgan fingerprint density at radius 3 is 2.84 bits per heavy atom. The molecule has 2 nitrogen and oxygen atoms in total. The first-order chi connectivity index (χ1) is 9.20. The van der Waals surface area contributed by atoms with Crippen LogP contribution in [0.15, 0.2) is 41.8 Å². The molecule has 0 amide bonds. The maximum absolute atomic E-state index is 12.1. The van der Waals surface area contributed by atoms with Crippen molar-refractivity contribution in [2.75, 3.05) is 0 Å². The van der Waals surface area contributed by atoms with E-state index in [4.69, 9.17) is 5.26 Å². The molecule has 1 atom stereocenters. The molecule has 0 N–H and O–H groups in total. The van der Waals surface area contributed by atoms with Gasteiger partial charge in [-0.15, -0.1) is 11.3 Å². The third-order valence-electron chi connectivity index (χ3n) is 3.02. The highest BCUT2D eigenvalue weighted by Gasteiger charge is 2.20. The molecule has 1 aromatic heterocycles. The number of benzene rings is 1. The summed E-state index contributed by atoms with van der Waals surface area (Å²) in [6.45, 7) is 2.04. The number of thiophene rings is 1. The minimum absolute atomic E-state index is 0.00598. The predicted molar refractivity (Wildman–Crippen MR) is 77.2 cm³/mol. The average Bonchev–Trinajstić information content (AvgIpc) is 2.91. The molecule has 3 heteroatoms. The van der Waals surface area contributed by atoms with Crippen molar-refractivity contribution in [1.29, 1.82) is 5.26 Å². The van der Waals surface area contributed by atoms with Gasteiger partial charge in [0.2, 0.25) is 0 Å². The first-order valence-corrected chi connectivity index (χ1v) is 7.10. The first-order valence-electron chi connectivity index (χ1n) is 6.22. The average molecular weight is 269 g/mol. The monoisotopic (exact) mass is 269 g/mol. The molecule has 1 heterocycles. The maximum Gasteiger partial charge on any atom is 0.155 e. The summed E-state index contributed by atoms with van der Waals surface area (Å²) in [5, 5.41) is 11.0. The van der Waals surface area contributed by atoms with Gasteiger partial charge in [-0.1, -0.05) is 35.9 Å². The number of nitrogens with zero attached hydrogens (tertiary/aromatic N) is 1. The van der Waals surface area contributed by atoms with Gasteiger partial charge in [0.25, 0.3) is 0 Å². The molecular weight excluding hydrogens is 254 g/mol. The van der Waals surface area contributed by atoms with Crippen molar-refractivity contribution in [3.05, 3.63) is 57.8 Å². The highest BCUT2D eigenvalue weighted by molar-refractivity contribution is 7.10. The largest absolute Gasteiger partial charge is 0.298 e. The van der Waals surface area contributed by atoms with E-state index < -0.39 is 5.92 Å². The second kappa shape index (κ2) is 6.31. The van der Waals surface area contributed by atoms with Gasteiger partial charge in [0.1, 0.15) is 5.92 Å². The van der Waals surface area contributed by atoms with Crippen LogP contribution in [0.5, 0.6) is 0 Å². The van der Waals surface area contributed by atoms with Crippen LogP contribution in [0.25, 0.3) is 0 Å². The van der Waals surface area contributed by atoms with Gasteiger partial charge in [0.15, 0.2) is 5.78 Å². The Bertz CT molecular complexity index is 595. The van der Waals surface area contributed by atoms with E-state index in [1.165, 1.54) is 16.9 Å². The zero-order chi connectivity index (χ0) is 13.7. The highest BCUT2D eigenvalue weighted by Crippen LogP contribution is 2.23. The van der Waals surface area contributed by atoms with Gasteiger partial charge in [-0.2, -0.15) is 5.26 Å². The summed E-state index contributed by atoms with van der Waals surface area (Å²) in [5.41, 5.74) is 2.34. The minimum atomic E-state index is -0.607. The van der Waals surface area contributed by atoms with Gasteiger partial charge in [-0.05, 0) is 30.4 Å². The van der Waals surface area contributed by atoms with Crippen molar-refractivity contribution >= 4 is 17.1 Å². The molecule has 19 heavy (non-hydrogen) atoms. The Kier molecular flexibility index (Phi) is 4.48. The molecule has 0 bridgehead atoms. The number of hydrogen-bond donors (Lipinski definition) is 0. The lowest BCUT2D eigenvalue weighted by atomic mass is 9.97. The molecule has 0 saturated heterocycles. The fourth-order valence-electron chi connectivity index (χ4n) is 2.03. The zero-order valence-electron chi connectivity index (χ0n) is 10.8. The lowest BCUT2D eigenvalue weighted by Gasteiger charge is -2.06. The molecule has 96 valence electrons. The fourth-order valence-corrected chi connectivity index (χ4v) is 2.82. The number of carbonyl (C=O) groups is 1. The summed E-state index contributed by atoms with van der Waals surface area (Å²) in [6.07, 6.45) is 1.11. The molecule has 0 aliphatic rings. The van der Waals surface area contributed by atoms with Crippen molar-refractivity contribution < 1.29 is 4.79 Å². The predicted octanol–water partition coefficient (Wildman–Crippen LogP) is 3.87. The van der Waals surface area contributed by atoms with E-state index in [0.717, 1.165) is 10.4 Å². The van der Waals surface area contributed by atoms with Crippen LogP contribution in [0.1, 0.15) is 28.3 Å². The Morgan fingerprint density at radius 1 is 1.37 bits per heavy atom. The normalized spacial score (nSPS) is 11.8. The fraction of sp³-hybridized carbons (Fsp3) is 0.250. The van der Waals surface area contributed by atoms with Crippen LogP contribution in [0.3, 0.4) is 0 Å². The molecular formula is C16H15NOS. The molecule has 1 unspecified atom stereocenters. The van der Waals surface area contributed by atoms with Crippen molar-refractivity contribution in [3.8, 4) is 6.07 Å². The van der Waals surface area contributed by atoms with E-state index in [1.54, 1.807) is 0 Å². The standard InChI is InChI=1S/C16H15NOS/c1-12-4-2-5-13(10-12)7-8-15(18)14(11-17)16-6-3-9-19-16/h2-6,9-10,14H,7-8H2,1H3. The smallest absolute Gasteiger partial charge is 0.155 e. The van der Waals surface area contributed by atoms with E-state index in [0.29, 0.717) is 12.8 Å². The Balaban J connectivity index is 1.99. The van der Waals surface area contributed by atoms with Crippen LogP contribution in [-0.2, 0) is 11.2 Å². The number of ketones is 1. The van der Waals surface area contributed by atoms with Crippen LogP contribution >= 0.6 is 11.3 Å². The molecule has 2 rings (SSSR count). The number of rotatable bonds is 5. The van der Waals surface area contributed by atoms with E-state index in [-0.39, 0.29) is 5.78 Å². The number of hydrogen-bond acceptors (Lipinski definition) is 3. The quantitative estimate of drug-likeness (QED) is 0.826. The number of nitriles is 1. The van der Waals surface area contributed by atoms with Crippen molar-refractivity contribution in [2.45, 2.75) is 25.7 Å². The van der Waals surface area contributed by atoms with Gasteiger partial charge >= 0.3 is 0 Å². The summed E-state index contributed by atoms with van der Waals surface area (Å²) in [4.78, 5) is 13.0. The minimum Gasteiger partial charge on any atom is -0.298 e. The molecule has 0 radical (unpaired) electrons. The molecule has 2 aromatic rings. The van der Waals surface area contributed by atoms with Crippen LogP contribution in [0.4, 0.5) is 0 Å². The SMILES string of the molecule is Cc1cccc(CCC(=O)C(C#N)c2cccs2)c1. The second-order valence-electron chi connectivity index (χ2n) is 4.53. The highest BCUT2D eigenvalue weighted by atomic mass is 32.1. The van der Waals surface area contributed by atoms with E-state index in [1.807, 2.05) is 42.6 Å². The Hall–Kier alpha value is -1.92. The topological polar surface area (TPSA) is 40.9 Å². The Labute approximate surface area is 117 Å². The van der Waals surface area contributed by atoms with E-state index >= 15 is 0 Å². The summed E-state index contributed by atoms with van der Waals surface area (Å²) in [5.74, 6) is -0.601. The number of Topliss-reactive ketones (excluding diaryl/α,β-unsaturated/α-hetero) is 1. The van der Waals surface area contributed by atoms with E-state index in [9.17, 15) is 4.79 Å². The van der Waals surface area contributed by atoms with Gasteiger partial charge in [-0.3, -0.25) is 4.79 Å². The van der Waals surface area contributed by atoms with Gasteiger partial charge in [-0.25, -0.2) is 0 Å². The summed E-state index contributed by atoms with van der Waals surface area (Å²) in [6, 6.07) is 14.0. The molecule has 0 spiro atoms. The van der Waals surface area contributed by atoms with Crippen molar-refractivity contribution in [3.63, 3.8) is 0 Å². The summed E-state index contributed by atoms with van der Waals surface area (Å²) >= 11 is 1.46. The molecule has 0 aliphatic carbocycles. The van der Waals surface area contributed by atoms with Gasteiger partial charge in [0.05, 0.1) is 6.07 Å². The second-order valence-corrected chi connectivity index (χ2v) is 5.51. The van der Waals surface area contributed by atoms with Crippen molar-refractivity contribution in [1.82, 2.24) is 0 Å². The van der Waals surface area contributed by atoms with Crippen LogP contribution in [0, 0.1) is 18.3 Å². The van der Waals surface area contributed by atoms with Crippen LogP contribution in [-0.4, -0.2) is 5.78 Å². The molecule has 0 aliphatic heterocycles. The summed E-state index contributed by atoms with van der Waals surface area (Å²) < 4.78 is 0. The van der Waals surface area contributed by atoms with Gasteiger partial charge < -0.3 is 0 Å². The van der Waals surface area contributed by atoms with Gasteiger partial charge in [0, 0.05) is 11.3 Å². The molecule has 0 saturated carbocycles. The lowest BCUT2D eigenvalue weighted by Crippen LogP contribution is -2.10. The van der Waals surface area contributed by atoms with Crippen LogP contribution < -0.4 is 0 Å². The van der Waals surface area contributed by atoms with E-state index in [2.05, 4.69) is 12.1 Å². The number of aryl methyl sites for hydroxylation is 2. The third kappa shape index (κ3) is 3.52. The van der Waals surface area contributed by atoms with Crippen LogP contribution in [0.2, 0.25) is 0 Å². The maximum atomic E-state index is 12.1. The zero-order valence-corrected chi connectivity index (χ0v) is 11.6. The summed E-state index contributed by atoms with van der Waals surface area (Å²) in [7, 11) is 0. The lowest BCUT2D eigenvalue weighted by molar-refractivity contribution is -0.119. The molecule has 0 fully saturated rings. The van der Waals surface area contributed by atoms with Crippen molar-refractivity contribution in [2.24, 2.45) is 0 Å². The number of carbonyl (C=O) groups excluding carboxylic acids is 1. The molecule has 1 aromatic carbocycles. The third-order valence-corrected chi connectivity index (χ3v) is 3.96.